The second kappa shape index (κ2) is 5.09. The lowest BCUT2D eigenvalue weighted by atomic mass is 10.3. The first-order valence-corrected chi connectivity index (χ1v) is 6.12. The molecule has 0 aliphatic heterocycles. The molecule has 0 heterocycles. The predicted octanol–water partition coefficient (Wildman–Crippen LogP) is 1.26. The van der Waals surface area contributed by atoms with Gasteiger partial charge >= 0.3 is 0 Å². The summed E-state index contributed by atoms with van der Waals surface area (Å²) in [6, 6.07) is 3.67. The Morgan fingerprint density at radius 1 is 1.50 bits per heavy atom. The number of nitrogens with one attached hydrogen (secondary N) is 1. The number of benzene rings is 1. The van der Waals surface area contributed by atoms with Crippen LogP contribution >= 0.6 is 0 Å². The first-order valence-electron chi connectivity index (χ1n) is 4.63. The molecule has 0 unspecified atom stereocenters. The van der Waals surface area contributed by atoms with E-state index in [2.05, 4.69) is 11.3 Å². The normalized spacial score (nSPS) is 11.3. The third-order valence-electron chi connectivity index (χ3n) is 1.94. The van der Waals surface area contributed by atoms with E-state index in [0.717, 1.165) is 6.07 Å². The van der Waals surface area contributed by atoms with Gasteiger partial charge in [0.15, 0.2) is 0 Å². The van der Waals surface area contributed by atoms with Gasteiger partial charge in [-0.2, -0.15) is 0 Å². The molecule has 0 fully saturated rings. The summed E-state index contributed by atoms with van der Waals surface area (Å²) >= 11 is 0. The Kier molecular flexibility index (Phi) is 4.03. The van der Waals surface area contributed by atoms with Crippen LogP contribution in [0.5, 0.6) is 0 Å². The maximum atomic E-state index is 13.1. The van der Waals surface area contributed by atoms with Gasteiger partial charge in [0.25, 0.3) is 0 Å². The lowest BCUT2D eigenvalue weighted by molar-refractivity contribution is 0.579. The number of halogens is 1. The first-order chi connectivity index (χ1) is 7.49. The smallest absolute Gasteiger partial charge is 0.242 e. The van der Waals surface area contributed by atoms with Crippen molar-refractivity contribution in [2.24, 2.45) is 0 Å². The molecule has 88 valence electrons. The van der Waals surface area contributed by atoms with Gasteiger partial charge in [-0.3, -0.25) is 0 Å². The third-order valence-corrected chi connectivity index (χ3v) is 3.46. The van der Waals surface area contributed by atoms with E-state index in [1.807, 2.05) is 0 Å². The molecule has 16 heavy (non-hydrogen) atoms. The molecule has 0 atom stereocenters. The summed E-state index contributed by atoms with van der Waals surface area (Å²) in [6.07, 6.45) is 2.08. The Labute approximate surface area is 94.0 Å². The summed E-state index contributed by atoms with van der Waals surface area (Å²) in [5.74, 6) is -0.744. The topological polar surface area (TPSA) is 72.2 Å². The van der Waals surface area contributed by atoms with Crippen LogP contribution in [0.4, 0.5) is 10.1 Å². The van der Waals surface area contributed by atoms with Gasteiger partial charge in [-0.15, -0.1) is 6.58 Å². The van der Waals surface area contributed by atoms with E-state index in [1.165, 1.54) is 12.1 Å². The highest BCUT2D eigenvalue weighted by molar-refractivity contribution is 7.89. The lowest BCUT2D eigenvalue weighted by Gasteiger charge is -2.08. The summed E-state index contributed by atoms with van der Waals surface area (Å²) in [5, 5.41) is 0. The van der Waals surface area contributed by atoms with E-state index in [-0.39, 0.29) is 17.1 Å². The molecule has 3 N–H and O–H groups in total. The number of hydrogen-bond acceptors (Lipinski definition) is 3. The number of nitrogens with two attached hydrogens (primary N) is 1. The van der Waals surface area contributed by atoms with Crippen molar-refractivity contribution in [1.29, 1.82) is 0 Å². The lowest BCUT2D eigenvalue weighted by Crippen LogP contribution is -2.25. The van der Waals surface area contributed by atoms with Crippen molar-refractivity contribution >= 4 is 15.7 Å². The molecule has 1 aromatic carbocycles. The zero-order chi connectivity index (χ0) is 12.2. The molecule has 1 rings (SSSR count). The monoisotopic (exact) mass is 244 g/mol. The minimum atomic E-state index is -3.75. The van der Waals surface area contributed by atoms with Crippen LogP contribution in [0.15, 0.2) is 35.7 Å². The molecule has 0 aliphatic rings. The Bertz CT molecular complexity index is 486. The fourth-order valence-corrected chi connectivity index (χ4v) is 2.31. The van der Waals surface area contributed by atoms with Gasteiger partial charge in [0, 0.05) is 6.54 Å². The number of hydrogen-bond donors (Lipinski definition) is 2. The minimum Gasteiger partial charge on any atom is -0.395 e. The van der Waals surface area contributed by atoms with Crippen molar-refractivity contribution in [3.63, 3.8) is 0 Å². The molecule has 6 heteroatoms. The number of para-hydroxylation sites is 1. The minimum absolute atomic E-state index is 0.210. The summed E-state index contributed by atoms with van der Waals surface area (Å²) in [6.45, 7) is 3.68. The van der Waals surface area contributed by atoms with Gasteiger partial charge in [0.05, 0.1) is 5.69 Å². The average molecular weight is 244 g/mol. The highest BCUT2D eigenvalue weighted by atomic mass is 32.2. The molecular formula is C10H13FN2O2S. The van der Waals surface area contributed by atoms with Gasteiger partial charge in [0.1, 0.15) is 10.7 Å². The first kappa shape index (κ1) is 12.7. The zero-order valence-electron chi connectivity index (χ0n) is 8.61. The third kappa shape index (κ3) is 2.80. The molecule has 0 saturated heterocycles. The SMILES string of the molecule is C=CCCNS(=O)(=O)c1cccc(F)c1N. The van der Waals surface area contributed by atoms with E-state index in [0.29, 0.717) is 6.42 Å². The van der Waals surface area contributed by atoms with Crippen LogP contribution in [-0.4, -0.2) is 15.0 Å². The van der Waals surface area contributed by atoms with Crippen LogP contribution in [0.25, 0.3) is 0 Å². The van der Waals surface area contributed by atoms with Crippen molar-refractivity contribution in [2.75, 3.05) is 12.3 Å². The average Bonchev–Trinajstić information content (AvgIpc) is 2.22. The Balaban J connectivity index is 2.98. The fourth-order valence-electron chi connectivity index (χ4n) is 1.12. The molecule has 0 aliphatic carbocycles. The van der Waals surface area contributed by atoms with Crippen molar-refractivity contribution in [2.45, 2.75) is 11.3 Å². The van der Waals surface area contributed by atoms with Crippen molar-refractivity contribution in [3.05, 3.63) is 36.7 Å². The fraction of sp³-hybridized carbons (Fsp3) is 0.200. The second-order valence-corrected chi connectivity index (χ2v) is 4.86. The quantitative estimate of drug-likeness (QED) is 0.465. The van der Waals surface area contributed by atoms with Gasteiger partial charge < -0.3 is 5.73 Å². The van der Waals surface area contributed by atoms with E-state index in [1.54, 1.807) is 6.08 Å². The summed E-state index contributed by atoms with van der Waals surface area (Å²) in [5.41, 5.74) is 4.99. The van der Waals surface area contributed by atoms with Gasteiger partial charge in [-0.05, 0) is 18.6 Å². The maximum absolute atomic E-state index is 13.1. The van der Waals surface area contributed by atoms with Crippen molar-refractivity contribution in [1.82, 2.24) is 4.72 Å². The Morgan fingerprint density at radius 2 is 2.19 bits per heavy atom. The van der Waals surface area contributed by atoms with Crippen LogP contribution in [0.1, 0.15) is 6.42 Å². The van der Waals surface area contributed by atoms with Gasteiger partial charge in [-0.1, -0.05) is 12.1 Å². The van der Waals surface area contributed by atoms with Crippen LogP contribution < -0.4 is 10.5 Å². The van der Waals surface area contributed by atoms with Crippen molar-refractivity contribution < 1.29 is 12.8 Å². The van der Waals surface area contributed by atoms with E-state index >= 15 is 0 Å². The predicted molar refractivity (Wildman–Crippen MR) is 60.8 cm³/mol. The van der Waals surface area contributed by atoms with E-state index in [4.69, 9.17) is 5.73 Å². The highest BCUT2D eigenvalue weighted by Crippen LogP contribution is 2.20. The van der Waals surface area contributed by atoms with Crippen LogP contribution in [0.3, 0.4) is 0 Å². The number of sulfonamides is 1. The van der Waals surface area contributed by atoms with Crippen LogP contribution in [0, 0.1) is 5.82 Å². The Hall–Kier alpha value is -1.40. The van der Waals surface area contributed by atoms with Crippen LogP contribution in [-0.2, 0) is 10.0 Å². The summed E-state index contributed by atoms with van der Waals surface area (Å²) in [7, 11) is -3.75. The Morgan fingerprint density at radius 3 is 2.81 bits per heavy atom. The summed E-state index contributed by atoms with van der Waals surface area (Å²) < 4.78 is 38.7. The van der Waals surface area contributed by atoms with Crippen molar-refractivity contribution in [3.8, 4) is 0 Å². The molecule has 1 aromatic rings. The molecule has 0 saturated carbocycles. The highest BCUT2D eigenvalue weighted by Gasteiger charge is 2.18. The van der Waals surface area contributed by atoms with Gasteiger partial charge in [0.2, 0.25) is 10.0 Å². The summed E-state index contributed by atoms with van der Waals surface area (Å²) in [4.78, 5) is -0.239. The van der Waals surface area contributed by atoms with Crippen LogP contribution in [0.2, 0.25) is 0 Å². The number of anilines is 1. The second-order valence-electron chi connectivity index (χ2n) is 3.13. The molecule has 0 radical (unpaired) electrons. The molecule has 0 bridgehead atoms. The zero-order valence-corrected chi connectivity index (χ0v) is 9.43. The van der Waals surface area contributed by atoms with E-state index < -0.39 is 15.8 Å². The molecular weight excluding hydrogens is 231 g/mol. The largest absolute Gasteiger partial charge is 0.395 e. The number of nitrogen functional groups attached to an aromatic ring is 1. The molecule has 4 nitrogen and oxygen atoms in total. The molecule has 0 amide bonds. The number of rotatable bonds is 5. The standard InChI is InChI=1S/C10H13FN2O2S/c1-2-3-7-13-16(14,15)9-6-4-5-8(11)10(9)12/h2,4-6,13H,1,3,7,12H2. The van der Waals surface area contributed by atoms with Gasteiger partial charge in [-0.25, -0.2) is 17.5 Å². The maximum Gasteiger partial charge on any atom is 0.242 e. The molecule has 0 spiro atoms. The molecule has 0 aromatic heterocycles. The van der Waals surface area contributed by atoms with E-state index in [9.17, 15) is 12.8 Å².